The van der Waals surface area contributed by atoms with Crippen LogP contribution < -0.4 is 9.47 Å². The summed E-state index contributed by atoms with van der Waals surface area (Å²) in [6, 6.07) is 12.7. The Bertz CT molecular complexity index is 952. The molecule has 0 aliphatic carbocycles. The van der Waals surface area contributed by atoms with Gasteiger partial charge in [-0.05, 0) is 55.5 Å². The van der Waals surface area contributed by atoms with E-state index in [-0.39, 0.29) is 5.78 Å². The summed E-state index contributed by atoms with van der Waals surface area (Å²) in [5.74, 6) is 1.95. The van der Waals surface area contributed by atoms with Crippen LogP contribution in [0.5, 0.6) is 11.5 Å². The van der Waals surface area contributed by atoms with Gasteiger partial charge in [-0.25, -0.2) is 0 Å². The van der Waals surface area contributed by atoms with Crippen LogP contribution in [0.25, 0.3) is 17.1 Å². The van der Waals surface area contributed by atoms with E-state index >= 15 is 0 Å². The summed E-state index contributed by atoms with van der Waals surface area (Å²) < 4.78 is 12.9. The van der Waals surface area contributed by atoms with Gasteiger partial charge in [0, 0.05) is 17.2 Å². The minimum Gasteiger partial charge on any atom is -0.497 e. The summed E-state index contributed by atoms with van der Waals surface area (Å²) in [4.78, 5) is 11.5. The zero-order valence-electron chi connectivity index (χ0n) is 14.1. The van der Waals surface area contributed by atoms with Crippen molar-refractivity contribution in [2.45, 2.75) is 6.92 Å². The van der Waals surface area contributed by atoms with E-state index in [1.54, 1.807) is 37.0 Å². The summed E-state index contributed by atoms with van der Waals surface area (Å²) in [6.45, 7) is 1.53. The summed E-state index contributed by atoms with van der Waals surface area (Å²) in [6.07, 6.45) is 0. The Balaban J connectivity index is 2.14. The van der Waals surface area contributed by atoms with Gasteiger partial charge in [-0.3, -0.25) is 14.5 Å². The Morgan fingerprint density at radius 2 is 1.68 bits per heavy atom. The zero-order valence-corrected chi connectivity index (χ0v) is 14.9. The van der Waals surface area contributed by atoms with Gasteiger partial charge >= 0.3 is 0 Å². The number of carbonyl (C=O) groups excluding carboxylic acids is 1. The zero-order chi connectivity index (χ0) is 18.0. The van der Waals surface area contributed by atoms with E-state index in [0.29, 0.717) is 27.7 Å². The van der Waals surface area contributed by atoms with Crippen LogP contribution in [-0.2, 0) is 0 Å². The van der Waals surface area contributed by atoms with E-state index in [9.17, 15) is 4.79 Å². The van der Waals surface area contributed by atoms with Crippen molar-refractivity contribution in [3.8, 4) is 28.6 Å². The van der Waals surface area contributed by atoms with Gasteiger partial charge in [0.25, 0.3) is 0 Å². The molecule has 0 unspecified atom stereocenters. The van der Waals surface area contributed by atoms with Crippen LogP contribution in [0.15, 0.2) is 42.5 Å². The normalized spacial score (nSPS) is 10.5. The fourth-order valence-electron chi connectivity index (χ4n) is 2.51. The van der Waals surface area contributed by atoms with E-state index < -0.39 is 0 Å². The second-order valence-electron chi connectivity index (χ2n) is 5.39. The largest absolute Gasteiger partial charge is 0.497 e. The fraction of sp³-hybridized carbons (Fsp3) is 0.167. The quantitative estimate of drug-likeness (QED) is 0.557. The van der Waals surface area contributed by atoms with Crippen molar-refractivity contribution >= 4 is 18.0 Å². The Hall–Kier alpha value is -2.93. The van der Waals surface area contributed by atoms with Gasteiger partial charge in [-0.15, -0.1) is 0 Å². The Labute approximate surface area is 150 Å². The fourth-order valence-corrected chi connectivity index (χ4v) is 2.75. The van der Waals surface area contributed by atoms with Crippen LogP contribution in [0, 0.1) is 4.77 Å². The average Bonchev–Trinajstić information content (AvgIpc) is 3.02. The molecule has 128 valence electrons. The molecule has 0 amide bonds. The number of aromatic nitrogens is 3. The lowest BCUT2D eigenvalue weighted by Gasteiger charge is -2.10. The number of benzene rings is 2. The van der Waals surface area contributed by atoms with Crippen molar-refractivity contribution < 1.29 is 14.3 Å². The number of ether oxygens (including phenoxy) is 2. The topological polar surface area (TPSA) is 69.1 Å². The van der Waals surface area contributed by atoms with Crippen molar-refractivity contribution in [1.29, 1.82) is 0 Å². The van der Waals surface area contributed by atoms with Crippen LogP contribution in [0.2, 0.25) is 0 Å². The van der Waals surface area contributed by atoms with Gasteiger partial charge in [0.15, 0.2) is 16.4 Å². The molecule has 0 saturated carbocycles. The smallest absolute Gasteiger partial charge is 0.200 e. The third-order valence-corrected chi connectivity index (χ3v) is 4.09. The number of Topliss-reactive ketones (excluding diaryl/α,β-unsaturated/α-hetero) is 1. The standard InChI is InChI=1S/C18H17N3O3S/c1-11(22)12-4-6-14(7-5-12)21-17(19-20-18(21)25)13-8-15(23-2)10-16(9-13)24-3/h4-10H,1-3H3,(H,20,25). The first kappa shape index (κ1) is 16.9. The molecule has 3 aromatic rings. The van der Waals surface area contributed by atoms with Crippen molar-refractivity contribution in [2.75, 3.05) is 14.2 Å². The Morgan fingerprint density at radius 1 is 1.08 bits per heavy atom. The minimum absolute atomic E-state index is 0.0140. The van der Waals surface area contributed by atoms with Crippen molar-refractivity contribution in [3.63, 3.8) is 0 Å². The molecule has 0 saturated heterocycles. The molecule has 1 aromatic heterocycles. The third kappa shape index (κ3) is 3.32. The maximum absolute atomic E-state index is 11.5. The van der Waals surface area contributed by atoms with Gasteiger partial charge in [0.1, 0.15) is 11.5 Å². The SMILES string of the molecule is COc1cc(OC)cc(-c2n[nH]c(=S)n2-c2ccc(C(C)=O)cc2)c1. The molecule has 0 spiro atoms. The first-order chi connectivity index (χ1) is 12.0. The maximum Gasteiger partial charge on any atom is 0.200 e. The highest BCUT2D eigenvalue weighted by atomic mass is 32.1. The lowest BCUT2D eigenvalue weighted by atomic mass is 10.1. The molecule has 6 nitrogen and oxygen atoms in total. The van der Waals surface area contributed by atoms with Crippen LogP contribution in [0.1, 0.15) is 17.3 Å². The summed E-state index contributed by atoms with van der Waals surface area (Å²) in [5, 5.41) is 7.15. The minimum atomic E-state index is 0.0140. The van der Waals surface area contributed by atoms with Gasteiger partial charge < -0.3 is 9.47 Å². The monoisotopic (exact) mass is 355 g/mol. The van der Waals surface area contributed by atoms with Crippen molar-refractivity contribution in [1.82, 2.24) is 14.8 Å². The maximum atomic E-state index is 11.5. The molecule has 0 aliphatic rings. The predicted molar refractivity (Wildman–Crippen MR) is 97.3 cm³/mol. The first-order valence-electron chi connectivity index (χ1n) is 7.55. The summed E-state index contributed by atoms with van der Waals surface area (Å²) >= 11 is 5.38. The van der Waals surface area contributed by atoms with E-state index in [1.165, 1.54) is 6.92 Å². The Morgan fingerprint density at radius 3 is 2.20 bits per heavy atom. The van der Waals surface area contributed by atoms with Gasteiger partial charge in [0.05, 0.1) is 19.9 Å². The lowest BCUT2D eigenvalue weighted by Crippen LogP contribution is -2.00. The second-order valence-corrected chi connectivity index (χ2v) is 5.78. The molecule has 0 aliphatic heterocycles. The summed E-state index contributed by atoms with van der Waals surface area (Å²) in [7, 11) is 3.19. The van der Waals surface area contributed by atoms with Gasteiger partial charge in [-0.1, -0.05) is 0 Å². The molecule has 0 radical (unpaired) electrons. The molecule has 1 heterocycles. The highest BCUT2D eigenvalue weighted by Gasteiger charge is 2.13. The highest BCUT2D eigenvalue weighted by molar-refractivity contribution is 7.71. The molecular weight excluding hydrogens is 338 g/mol. The Kier molecular flexibility index (Phi) is 4.67. The molecule has 1 N–H and O–H groups in total. The van der Waals surface area contributed by atoms with Gasteiger partial charge in [0.2, 0.25) is 0 Å². The molecule has 0 atom stereocenters. The van der Waals surface area contributed by atoms with E-state index in [1.807, 2.05) is 24.3 Å². The number of hydrogen-bond acceptors (Lipinski definition) is 5. The van der Waals surface area contributed by atoms with Crippen LogP contribution in [-0.4, -0.2) is 34.8 Å². The number of H-pyrrole nitrogens is 1. The van der Waals surface area contributed by atoms with Crippen LogP contribution in [0.4, 0.5) is 0 Å². The number of ketones is 1. The molecule has 0 fully saturated rings. The van der Waals surface area contributed by atoms with Crippen molar-refractivity contribution in [2.24, 2.45) is 0 Å². The number of methoxy groups -OCH3 is 2. The number of aromatic amines is 1. The second kappa shape index (κ2) is 6.90. The molecule has 2 aromatic carbocycles. The van der Waals surface area contributed by atoms with Gasteiger partial charge in [-0.2, -0.15) is 5.10 Å². The molecule has 25 heavy (non-hydrogen) atoms. The molecule has 0 bridgehead atoms. The molecular formula is C18H17N3O3S. The van der Waals surface area contributed by atoms with E-state index in [0.717, 1.165) is 11.3 Å². The van der Waals surface area contributed by atoms with E-state index in [4.69, 9.17) is 21.7 Å². The van der Waals surface area contributed by atoms with Crippen molar-refractivity contribution in [3.05, 3.63) is 52.8 Å². The lowest BCUT2D eigenvalue weighted by molar-refractivity contribution is 0.101. The number of nitrogens with one attached hydrogen (secondary N) is 1. The number of rotatable bonds is 5. The predicted octanol–water partition coefficient (Wildman–Crippen LogP) is 3.82. The molecule has 3 rings (SSSR count). The average molecular weight is 355 g/mol. The van der Waals surface area contributed by atoms with Crippen LogP contribution in [0.3, 0.4) is 0 Å². The molecule has 7 heteroatoms. The van der Waals surface area contributed by atoms with E-state index in [2.05, 4.69) is 10.2 Å². The first-order valence-corrected chi connectivity index (χ1v) is 7.96. The number of carbonyl (C=O) groups is 1. The number of nitrogens with zero attached hydrogens (tertiary/aromatic N) is 2. The third-order valence-electron chi connectivity index (χ3n) is 3.81. The number of hydrogen-bond donors (Lipinski definition) is 1. The van der Waals surface area contributed by atoms with Crippen LogP contribution >= 0.6 is 12.2 Å². The highest BCUT2D eigenvalue weighted by Crippen LogP contribution is 2.30. The summed E-state index contributed by atoms with van der Waals surface area (Å²) in [5.41, 5.74) is 2.24.